The van der Waals surface area contributed by atoms with Gasteiger partial charge in [0.15, 0.2) is 0 Å². The lowest BCUT2D eigenvalue weighted by atomic mass is 9.81. The highest BCUT2D eigenvalue weighted by molar-refractivity contribution is 5.67. The normalized spacial score (nSPS) is 14.5. The number of alkyl carbamates (subject to hydrolysis) is 1. The number of benzene rings is 1. The van der Waals surface area contributed by atoms with Gasteiger partial charge >= 0.3 is 6.09 Å². The van der Waals surface area contributed by atoms with E-state index in [0.717, 1.165) is 11.1 Å². The summed E-state index contributed by atoms with van der Waals surface area (Å²) in [5.74, 6) is 0. The zero-order chi connectivity index (χ0) is 15.4. The second-order valence-corrected chi connectivity index (χ2v) is 6.39. The van der Waals surface area contributed by atoms with E-state index in [9.17, 15) is 9.90 Å². The lowest BCUT2D eigenvalue weighted by Gasteiger charge is -2.30. The van der Waals surface area contributed by atoms with Crippen molar-refractivity contribution in [1.29, 1.82) is 0 Å². The number of aliphatic hydroxyl groups is 1. The van der Waals surface area contributed by atoms with Crippen molar-refractivity contribution < 1.29 is 14.6 Å². The van der Waals surface area contributed by atoms with Crippen LogP contribution < -0.4 is 5.32 Å². The molecule has 0 saturated heterocycles. The zero-order valence-corrected chi connectivity index (χ0v) is 13.0. The van der Waals surface area contributed by atoms with Crippen LogP contribution in [0.2, 0.25) is 0 Å². The molecule has 0 aliphatic carbocycles. The molecule has 1 aromatic rings. The van der Waals surface area contributed by atoms with Crippen molar-refractivity contribution in [2.24, 2.45) is 0 Å². The summed E-state index contributed by atoms with van der Waals surface area (Å²) in [4.78, 5) is 11.7. The number of hydrogen-bond acceptors (Lipinski definition) is 3. The predicted molar refractivity (Wildman–Crippen MR) is 79.9 cm³/mol. The van der Waals surface area contributed by atoms with Gasteiger partial charge in [-0.2, -0.15) is 0 Å². The van der Waals surface area contributed by atoms with E-state index in [1.165, 1.54) is 0 Å². The van der Waals surface area contributed by atoms with Gasteiger partial charge in [0.25, 0.3) is 0 Å². The van der Waals surface area contributed by atoms with Crippen LogP contribution in [0.25, 0.3) is 0 Å². The van der Waals surface area contributed by atoms with E-state index in [-0.39, 0.29) is 6.61 Å². The van der Waals surface area contributed by atoms with Crippen LogP contribution in [-0.2, 0) is 10.2 Å². The van der Waals surface area contributed by atoms with Crippen LogP contribution in [-0.4, -0.2) is 30.0 Å². The van der Waals surface area contributed by atoms with Crippen LogP contribution in [0.4, 0.5) is 4.79 Å². The molecule has 4 heteroatoms. The molecule has 0 radical (unpaired) electrons. The topological polar surface area (TPSA) is 58.6 Å². The zero-order valence-electron chi connectivity index (χ0n) is 13.0. The molecule has 1 amide bonds. The van der Waals surface area contributed by atoms with E-state index in [1.807, 2.05) is 58.9 Å². The van der Waals surface area contributed by atoms with Crippen LogP contribution in [0.5, 0.6) is 0 Å². The van der Waals surface area contributed by atoms with Crippen LogP contribution >= 0.6 is 0 Å². The number of carbonyl (C=O) groups excluding carboxylic acids is 1. The first kappa shape index (κ1) is 16.5. The van der Waals surface area contributed by atoms with Gasteiger partial charge in [0, 0.05) is 12.0 Å². The van der Waals surface area contributed by atoms with Crippen molar-refractivity contribution in [3.63, 3.8) is 0 Å². The van der Waals surface area contributed by atoms with E-state index in [2.05, 4.69) is 5.32 Å². The van der Waals surface area contributed by atoms with E-state index >= 15 is 0 Å². The van der Waals surface area contributed by atoms with Crippen LogP contribution in [0.1, 0.15) is 38.8 Å². The van der Waals surface area contributed by atoms with Gasteiger partial charge < -0.3 is 15.2 Å². The molecule has 1 unspecified atom stereocenters. The SMILES string of the molecule is Cc1ccccc1C(C)(CO)CNC(=O)OC(C)(C)C. The average Bonchev–Trinajstić information content (AvgIpc) is 2.34. The van der Waals surface area contributed by atoms with Crippen molar-refractivity contribution in [3.8, 4) is 0 Å². The molecule has 0 aromatic heterocycles. The second kappa shape index (κ2) is 6.27. The first-order chi connectivity index (χ1) is 9.18. The van der Waals surface area contributed by atoms with Gasteiger partial charge in [0.05, 0.1) is 6.61 Å². The fourth-order valence-electron chi connectivity index (χ4n) is 2.07. The van der Waals surface area contributed by atoms with Crippen molar-refractivity contribution in [1.82, 2.24) is 5.32 Å². The number of carbonyl (C=O) groups is 1. The van der Waals surface area contributed by atoms with E-state index in [4.69, 9.17) is 4.74 Å². The highest BCUT2D eigenvalue weighted by Crippen LogP contribution is 2.25. The third-order valence-corrected chi connectivity index (χ3v) is 3.17. The monoisotopic (exact) mass is 279 g/mol. The van der Waals surface area contributed by atoms with Gasteiger partial charge in [-0.1, -0.05) is 31.2 Å². The van der Waals surface area contributed by atoms with E-state index in [1.54, 1.807) is 0 Å². The van der Waals surface area contributed by atoms with Crippen LogP contribution in [0.15, 0.2) is 24.3 Å². The molecule has 0 bridgehead atoms. The number of hydrogen-bond donors (Lipinski definition) is 2. The van der Waals surface area contributed by atoms with Gasteiger partial charge in [-0.05, 0) is 38.8 Å². The van der Waals surface area contributed by atoms with E-state index in [0.29, 0.717) is 6.54 Å². The van der Waals surface area contributed by atoms with Gasteiger partial charge in [0.2, 0.25) is 0 Å². The summed E-state index contributed by atoms with van der Waals surface area (Å²) in [6, 6.07) is 7.86. The Balaban J connectivity index is 2.77. The molecule has 1 atom stereocenters. The summed E-state index contributed by atoms with van der Waals surface area (Å²) in [6.07, 6.45) is -0.467. The molecular formula is C16H25NO3. The van der Waals surface area contributed by atoms with Crippen molar-refractivity contribution >= 4 is 6.09 Å². The predicted octanol–water partition coefficient (Wildman–Crippen LogP) is 2.77. The molecular weight excluding hydrogens is 254 g/mol. The molecule has 0 fully saturated rings. The Morgan fingerprint density at radius 1 is 1.25 bits per heavy atom. The Morgan fingerprint density at radius 3 is 2.35 bits per heavy atom. The largest absolute Gasteiger partial charge is 0.444 e. The summed E-state index contributed by atoms with van der Waals surface area (Å²) in [6.45, 7) is 9.65. The molecule has 0 spiro atoms. The van der Waals surface area contributed by atoms with Gasteiger partial charge in [-0.15, -0.1) is 0 Å². The molecule has 4 nitrogen and oxygen atoms in total. The number of amides is 1. The molecule has 1 aromatic carbocycles. The van der Waals surface area contributed by atoms with Crippen molar-refractivity contribution in [3.05, 3.63) is 35.4 Å². The summed E-state index contributed by atoms with van der Waals surface area (Å²) < 4.78 is 5.21. The Morgan fingerprint density at radius 2 is 1.85 bits per heavy atom. The highest BCUT2D eigenvalue weighted by atomic mass is 16.6. The number of aryl methyl sites for hydroxylation is 1. The molecule has 0 saturated carbocycles. The number of aliphatic hydroxyl groups excluding tert-OH is 1. The minimum Gasteiger partial charge on any atom is -0.444 e. The highest BCUT2D eigenvalue weighted by Gasteiger charge is 2.28. The van der Waals surface area contributed by atoms with E-state index < -0.39 is 17.1 Å². The first-order valence-corrected chi connectivity index (χ1v) is 6.82. The Labute approximate surface area is 121 Å². The molecule has 0 heterocycles. The van der Waals surface area contributed by atoms with Gasteiger partial charge in [-0.25, -0.2) is 4.79 Å². The number of ether oxygens (including phenoxy) is 1. The third-order valence-electron chi connectivity index (χ3n) is 3.17. The van der Waals surface area contributed by atoms with Crippen LogP contribution in [0, 0.1) is 6.92 Å². The smallest absolute Gasteiger partial charge is 0.407 e. The fraction of sp³-hybridized carbons (Fsp3) is 0.562. The van der Waals surface area contributed by atoms with Crippen LogP contribution in [0.3, 0.4) is 0 Å². The van der Waals surface area contributed by atoms with Crippen molar-refractivity contribution in [2.45, 2.75) is 45.6 Å². The van der Waals surface area contributed by atoms with Crippen molar-refractivity contribution in [2.75, 3.05) is 13.2 Å². The number of nitrogens with one attached hydrogen (secondary N) is 1. The molecule has 2 N–H and O–H groups in total. The average molecular weight is 279 g/mol. The summed E-state index contributed by atoms with van der Waals surface area (Å²) in [5, 5.41) is 12.5. The summed E-state index contributed by atoms with van der Waals surface area (Å²) in [5.41, 5.74) is 1.07. The molecule has 20 heavy (non-hydrogen) atoms. The maximum absolute atomic E-state index is 11.7. The Bertz CT molecular complexity index is 465. The maximum Gasteiger partial charge on any atom is 0.407 e. The second-order valence-electron chi connectivity index (χ2n) is 6.39. The van der Waals surface area contributed by atoms with Gasteiger partial charge in [0.1, 0.15) is 5.60 Å². The Hall–Kier alpha value is -1.55. The quantitative estimate of drug-likeness (QED) is 0.891. The molecule has 0 aliphatic rings. The minimum atomic E-state index is -0.526. The maximum atomic E-state index is 11.7. The lowest BCUT2D eigenvalue weighted by molar-refractivity contribution is 0.0506. The Kier molecular flexibility index (Phi) is 5.17. The third kappa shape index (κ3) is 4.53. The molecule has 0 aliphatic heterocycles. The summed E-state index contributed by atoms with van der Waals surface area (Å²) in [7, 11) is 0. The summed E-state index contributed by atoms with van der Waals surface area (Å²) >= 11 is 0. The molecule has 1 rings (SSSR count). The minimum absolute atomic E-state index is 0.0480. The fourth-order valence-corrected chi connectivity index (χ4v) is 2.07. The standard InChI is InChI=1S/C16H25NO3/c1-12-8-6-7-9-13(12)16(5,11-18)10-17-14(19)20-15(2,3)4/h6-9,18H,10-11H2,1-5H3,(H,17,19). The lowest BCUT2D eigenvalue weighted by Crippen LogP contribution is -2.43. The molecule has 112 valence electrons. The first-order valence-electron chi connectivity index (χ1n) is 6.82. The number of rotatable bonds is 4. The van der Waals surface area contributed by atoms with Gasteiger partial charge in [-0.3, -0.25) is 0 Å².